The Morgan fingerprint density at radius 2 is 1.84 bits per heavy atom. The molecule has 3 rings (SSSR count). The van der Waals surface area contributed by atoms with Crippen molar-refractivity contribution in [2.45, 2.75) is 6.92 Å². The van der Waals surface area contributed by atoms with Crippen LogP contribution < -0.4 is 5.32 Å². The van der Waals surface area contributed by atoms with Crippen molar-refractivity contribution in [2.24, 2.45) is 0 Å². The highest BCUT2D eigenvalue weighted by Gasteiger charge is 2.28. The van der Waals surface area contributed by atoms with E-state index in [9.17, 15) is 9.59 Å². The van der Waals surface area contributed by atoms with E-state index < -0.39 is 0 Å². The van der Waals surface area contributed by atoms with Crippen molar-refractivity contribution in [3.63, 3.8) is 0 Å². The Kier molecular flexibility index (Phi) is 5.01. The highest BCUT2D eigenvalue weighted by atomic mass is 32.2. The van der Waals surface area contributed by atoms with E-state index in [4.69, 9.17) is 12.2 Å². The number of likely N-dealkylation sites (N-methyl/N-ethyl adjacent to an activating group) is 1. The van der Waals surface area contributed by atoms with Crippen molar-refractivity contribution in [3.8, 4) is 0 Å². The Labute approximate surface area is 155 Å². The summed E-state index contributed by atoms with van der Waals surface area (Å²) in [6.07, 6.45) is 1.78. The number of para-hydroxylation sites is 1. The molecule has 0 aromatic heterocycles. The summed E-state index contributed by atoms with van der Waals surface area (Å²) in [6.45, 7) is 1.95. The predicted octanol–water partition coefficient (Wildman–Crippen LogP) is 4.08. The van der Waals surface area contributed by atoms with Crippen LogP contribution in [0.1, 0.15) is 21.5 Å². The molecule has 0 aliphatic carbocycles. The molecule has 0 saturated carbocycles. The van der Waals surface area contributed by atoms with E-state index in [0.29, 0.717) is 14.8 Å². The van der Waals surface area contributed by atoms with Crippen LogP contribution in [0.3, 0.4) is 0 Å². The zero-order valence-electron chi connectivity index (χ0n) is 13.8. The number of aryl methyl sites for hydroxylation is 1. The van der Waals surface area contributed by atoms with Gasteiger partial charge in [-0.05, 0) is 42.3 Å². The summed E-state index contributed by atoms with van der Waals surface area (Å²) < 4.78 is 0.547. The SMILES string of the molecule is Cc1ccccc1NC(=O)c1ccc(/C=C2/SC(=S)N(C)C2=O)cc1. The average Bonchev–Trinajstić information content (AvgIpc) is 2.84. The highest BCUT2D eigenvalue weighted by Crippen LogP contribution is 2.31. The van der Waals surface area contributed by atoms with Crippen LogP contribution in [0.5, 0.6) is 0 Å². The first-order valence-electron chi connectivity index (χ1n) is 7.64. The van der Waals surface area contributed by atoms with Gasteiger partial charge in [0, 0.05) is 18.3 Å². The molecule has 0 unspecified atom stereocenters. The molecule has 1 aliphatic heterocycles. The van der Waals surface area contributed by atoms with Gasteiger partial charge < -0.3 is 5.32 Å². The Morgan fingerprint density at radius 1 is 1.16 bits per heavy atom. The number of hydrogen-bond acceptors (Lipinski definition) is 4. The van der Waals surface area contributed by atoms with Crippen LogP contribution in [-0.2, 0) is 4.79 Å². The van der Waals surface area contributed by atoms with Crippen LogP contribution in [0.15, 0.2) is 53.4 Å². The van der Waals surface area contributed by atoms with Gasteiger partial charge in [-0.15, -0.1) is 0 Å². The van der Waals surface area contributed by atoms with Crippen LogP contribution in [0.4, 0.5) is 5.69 Å². The first kappa shape index (κ1) is 17.4. The van der Waals surface area contributed by atoms with Gasteiger partial charge in [-0.1, -0.05) is 54.3 Å². The lowest BCUT2D eigenvalue weighted by atomic mass is 10.1. The largest absolute Gasteiger partial charge is 0.322 e. The Balaban J connectivity index is 1.74. The van der Waals surface area contributed by atoms with Crippen molar-refractivity contribution >= 4 is 51.9 Å². The smallest absolute Gasteiger partial charge is 0.265 e. The van der Waals surface area contributed by atoms with Gasteiger partial charge >= 0.3 is 0 Å². The minimum absolute atomic E-state index is 0.101. The van der Waals surface area contributed by atoms with Gasteiger partial charge in [-0.25, -0.2) is 0 Å². The molecular formula is C19H16N2O2S2. The molecule has 25 heavy (non-hydrogen) atoms. The summed E-state index contributed by atoms with van der Waals surface area (Å²) >= 11 is 6.39. The fourth-order valence-electron chi connectivity index (χ4n) is 2.34. The van der Waals surface area contributed by atoms with Crippen LogP contribution in [-0.4, -0.2) is 28.1 Å². The summed E-state index contributed by atoms with van der Waals surface area (Å²) in [6, 6.07) is 14.7. The zero-order valence-corrected chi connectivity index (χ0v) is 15.4. The predicted molar refractivity (Wildman–Crippen MR) is 107 cm³/mol. The average molecular weight is 368 g/mol. The van der Waals surface area contributed by atoms with Gasteiger partial charge in [-0.2, -0.15) is 0 Å². The Bertz CT molecular complexity index is 889. The summed E-state index contributed by atoms with van der Waals surface area (Å²) in [5, 5.41) is 2.90. The molecule has 0 atom stereocenters. The Morgan fingerprint density at radius 3 is 2.44 bits per heavy atom. The molecule has 0 bridgehead atoms. The van der Waals surface area contributed by atoms with E-state index in [-0.39, 0.29) is 11.8 Å². The Hall–Kier alpha value is -2.44. The lowest BCUT2D eigenvalue weighted by Crippen LogP contribution is -2.22. The quantitative estimate of drug-likeness (QED) is 0.655. The molecule has 1 aliphatic rings. The first-order chi connectivity index (χ1) is 12.0. The van der Waals surface area contributed by atoms with Gasteiger partial charge in [0.1, 0.15) is 4.32 Å². The van der Waals surface area contributed by atoms with Crippen LogP contribution in [0, 0.1) is 6.92 Å². The molecule has 2 aromatic carbocycles. The molecule has 0 radical (unpaired) electrons. The maximum atomic E-state index is 12.4. The lowest BCUT2D eigenvalue weighted by molar-refractivity contribution is -0.121. The molecule has 6 heteroatoms. The number of carbonyl (C=O) groups excluding carboxylic acids is 2. The second-order valence-electron chi connectivity index (χ2n) is 5.63. The summed E-state index contributed by atoms with van der Waals surface area (Å²) in [5.41, 5.74) is 3.21. The number of nitrogens with one attached hydrogen (secondary N) is 1. The number of thioether (sulfide) groups is 1. The molecule has 0 spiro atoms. The molecule has 1 heterocycles. The van der Waals surface area contributed by atoms with E-state index in [1.165, 1.54) is 16.7 Å². The molecule has 2 aromatic rings. The van der Waals surface area contributed by atoms with E-state index in [1.54, 1.807) is 25.3 Å². The van der Waals surface area contributed by atoms with E-state index >= 15 is 0 Å². The van der Waals surface area contributed by atoms with Gasteiger partial charge in [0.2, 0.25) is 0 Å². The second-order valence-corrected chi connectivity index (χ2v) is 7.31. The molecule has 4 nitrogen and oxygen atoms in total. The number of amides is 2. The molecule has 1 saturated heterocycles. The molecule has 126 valence electrons. The number of benzene rings is 2. The summed E-state index contributed by atoms with van der Waals surface area (Å²) in [7, 11) is 1.66. The van der Waals surface area contributed by atoms with Gasteiger partial charge in [0.15, 0.2) is 0 Å². The minimum atomic E-state index is -0.166. The van der Waals surface area contributed by atoms with E-state index in [2.05, 4.69) is 5.32 Å². The number of thiocarbonyl (C=S) groups is 1. The number of anilines is 1. The monoisotopic (exact) mass is 368 g/mol. The van der Waals surface area contributed by atoms with Gasteiger partial charge in [0.25, 0.3) is 11.8 Å². The zero-order chi connectivity index (χ0) is 18.0. The molecule has 1 fully saturated rings. The van der Waals surface area contributed by atoms with Crippen molar-refractivity contribution in [1.29, 1.82) is 0 Å². The highest BCUT2D eigenvalue weighted by molar-refractivity contribution is 8.26. The standard InChI is InChI=1S/C19H16N2O2S2/c1-12-5-3-4-6-15(12)20-17(22)14-9-7-13(8-10-14)11-16-18(23)21(2)19(24)25-16/h3-11H,1-2H3,(H,20,22)/b16-11+. The molecule has 2 amide bonds. The fourth-order valence-corrected chi connectivity index (χ4v) is 3.51. The third-order valence-corrected chi connectivity index (χ3v) is 5.34. The van der Waals surface area contributed by atoms with Crippen LogP contribution >= 0.6 is 24.0 Å². The van der Waals surface area contributed by atoms with Crippen molar-refractivity contribution in [1.82, 2.24) is 4.90 Å². The number of nitrogens with zero attached hydrogens (tertiary/aromatic N) is 1. The summed E-state index contributed by atoms with van der Waals surface area (Å²) in [5.74, 6) is -0.267. The third kappa shape index (κ3) is 3.81. The van der Waals surface area contributed by atoms with Crippen molar-refractivity contribution in [2.75, 3.05) is 12.4 Å². The van der Waals surface area contributed by atoms with Crippen molar-refractivity contribution < 1.29 is 9.59 Å². The molecular weight excluding hydrogens is 352 g/mol. The fraction of sp³-hybridized carbons (Fsp3) is 0.105. The maximum absolute atomic E-state index is 12.4. The topological polar surface area (TPSA) is 49.4 Å². The number of hydrogen-bond donors (Lipinski definition) is 1. The van der Waals surface area contributed by atoms with Crippen LogP contribution in [0.25, 0.3) is 6.08 Å². The third-order valence-electron chi connectivity index (χ3n) is 3.85. The lowest BCUT2D eigenvalue weighted by Gasteiger charge is -2.08. The second kappa shape index (κ2) is 7.21. The summed E-state index contributed by atoms with van der Waals surface area (Å²) in [4.78, 5) is 26.4. The normalized spacial score (nSPS) is 15.8. The van der Waals surface area contributed by atoms with Gasteiger partial charge in [-0.3, -0.25) is 14.5 Å². The van der Waals surface area contributed by atoms with Crippen LogP contribution in [0.2, 0.25) is 0 Å². The minimum Gasteiger partial charge on any atom is -0.322 e. The first-order valence-corrected chi connectivity index (χ1v) is 8.87. The van der Waals surface area contributed by atoms with Gasteiger partial charge in [0.05, 0.1) is 4.91 Å². The maximum Gasteiger partial charge on any atom is 0.265 e. The molecule has 1 N–H and O–H groups in total. The number of rotatable bonds is 3. The van der Waals surface area contributed by atoms with Crippen molar-refractivity contribution in [3.05, 3.63) is 70.1 Å². The van der Waals surface area contributed by atoms with E-state index in [0.717, 1.165) is 16.8 Å². The van der Waals surface area contributed by atoms with E-state index in [1.807, 2.05) is 43.3 Å². The number of carbonyl (C=O) groups is 2.